The zero-order valence-electron chi connectivity index (χ0n) is 28.3. The summed E-state index contributed by atoms with van der Waals surface area (Å²) in [7, 11) is 0. The number of aromatic nitrogens is 3. The number of anilines is 1. The molecule has 3 aliphatic heterocycles. The van der Waals surface area contributed by atoms with Gasteiger partial charge in [0.15, 0.2) is 0 Å². The molecule has 0 aliphatic carbocycles. The van der Waals surface area contributed by atoms with Gasteiger partial charge in [-0.1, -0.05) is 85.0 Å². The van der Waals surface area contributed by atoms with Crippen LogP contribution in [0, 0.1) is 17.8 Å². The van der Waals surface area contributed by atoms with Crippen molar-refractivity contribution in [2.45, 2.75) is 50.2 Å². The van der Waals surface area contributed by atoms with Gasteiger partial charge >= 0.3 is 0 Å². The van der Waals surface area contributed by atoms with Gasteiger partial charge in [0.25, 0.3) is 0 Å². The predicted molar refractivity (Wildman–Crippen MR) is 188 cm³/mol. The highest BCUT2D eigenvalue weighted by Gasteiger charge is 2.80. The van der Waals surface area contributed by atoms with Crippen molar-refractivity contribution < 1.29 is 24.2 Å². The first-order chi connectivity index (χ1) is 24.2. The summed E-state index contributed by atoms with van der Waals surface area (Å²) in [5, 5.41) is 19.5. The lowest BCUT2D eigenvalue weighted by atomic mass is 9.62. The second-order valence-corrected chi connectivity index (χ2v) is 13.7. The van der Waals surface area contributed by atoms with E-state index in [9.17, 15) is 9.90 Å². The molecule has 50 heavy (non-hydrogen) atoms. The van der Waals surface area contributed by atoms with E-state index in [1.54, 1.807) is 26.6 Å². The smallest absolute Gasteiger partial charge is 0.250 e. The Balaban J connectivity index is 1.36. The summed E-state index contributed by atoms with van der Waals surface area (Å²) in [4.78, 5) is 50.0. The number of carbonyl (C=O) groups is 3. The molecule has 7 rings (SSSR count). The van der Waals surface area contributed by atoms with E-state index in [0.29, 0.717) is 23.2 Å². The Hall–Kier alpha value is -5.13. The van der Waals surface area contributed by atoms with Crippen molar-refractivity contribution in [1.82, 2.24) is 24.8 Å². The van der Waals surface area contributed by atoms with E-state index in [1.165, 1.54) is 4.90 Å². The van der Waals surface area contributed by atoms with Crippen LogP contribution in [0.1, 0.15) is 31.9 Å². The molecule has 2 bridgehead atoms. The molecule has 7 atom stereocenters. The summed E-state index contributed by atoms with van der Waals surface area (Å²) in [6.45, 7) is 11.7. The van der Waals surface area contributed by atoms with Crippen molar-refractivity contribution in [3.8, 4) is 0 Å². The SMILES string of the molecule is C=CCN(Cn1nnc2ccccc21)C(=O)C1N([C@H](CO)c2ccccc2)C(=O)[C@@H]2[C@@H](C(=O)N(CC=C)c3ccccc3)[C@]3(C)OC12CC3C. The van der Waals surface area contributed by atoms with Gasteiger partial charge in [-0.3, -0.25) is 14.4 Å². The maximum absolute atomic E-state index is 15.2. The second-order valence-electron chi connectivity index (χ2n) is 13.7. The van der Waals surface area contributed by atoms with E-state index in [4.69, 9.17) is 4.74 Å². The van der Waals surface area contributed by atoms with E-state index >= 15 is 9.59 Å². The predicted octanol–water partition coefficient (Wildman–Crippen LogP) is 4.37. The zero-order chi connectivity index (χ0) is 35.2. The second kappa shape index (κ2) is 13.0. The molecular formula is C39H42N6O5. The number of benzene rings is 3. The summed E-state index contributed by atoms with van der Waals surface area (Å²) in [6.07, 6.45) is 3.67. The molecule has 258 valence electrons. The first-order valence-electron chi connectivity index (χ1n) is 17.0. The van der Waals surface area contributed by atoms with E-state index in [0.717, 1.165) is 5.52 Å². The molecule has 3 aliphatic rings. The first-order valence-corrected chi connectivity index (χ1v) is 17.0. The van der Waals surface area contributed by atoms with Gasteiger partial charge in [0.1, 0.15) is 23.8 Å². The molecule has 0 saturated carbocycles. The normalized spacial score (nSPS) is 27.3. The number of rotatable bonds is 12. The molecule has 3 unspecified atom stereocenters. The lowest BCUT2D eigenvalue weighted by molar-refractivity contribution is -0.156. The minimum Gasteiger partial charge on any atom is -0.394 e. The number of hydrogen-bond donors (Lipinski definition) is 1. The largest absolute Gasteiger partial charge is 0.394 e. The topological polar surface area (TPSA) is 121 Å². The summed E-state index contributed by atoms with van der Waals surface area (Å²) in [5.41, 5.74) is 0.395. The number of hydrogen-bond acceptors (Lipinski definition) is 7. The molecule has 11 nitrogen and oxygen atoms in total. The van der Waals surface area contributed by atoms with Crippen LogP contribution in [0.4, 0.5) is 5.69 Å². The molecule has 3 fully saturated rings. The van der Waals surface area contributed by atoms with Crippen LogP contribution in [0.5, 0.6) is 0 Å². The van der Waals surface area contributed by atoms with Gasteiger partial charge < -0.3 is 24.5 Å². The summed E-state index contributed by atoms with van der Waals surface area (Å²) in [5.74, 6) is -3.09. The van der Waals surface area contributed by atoms with Gasteiger partial charge in [-0.15, -0.1) is 18.3 Å². The van der Waals surface area contributed by atoms with Crippen molar-refractivity contribution >= 4 is 34.4 Å². The fraction of sp³-hybridized carbons (Fsp3) is 0.359. The maximum Gasteiger partial charge on any atom is 0.250 e. The molecule has 3 amide bonds. The number of likely N-dealkylation sites (tertiary alicyclic amines) is 1. The molecule has 11 heteroatoms. The number of fused-ring (bicyclic) bond motifs is 2. The van der Waals surface area contributed by atoms with Crippen LogP contribution in [-0.2, 0) is 25.8 Å². The molecule has 3 saturated heterocycles. The summed E-state index contributed by atoms with van der Waals surface area (Å²) < 4.78 is 8.70. The third-order valence-electron chi connectivity index (χ3n) is 11.0. The van der Waals surface area contributed by atoms with E-state index in [2.05, 4.69) is 23.5 Å². The standard InChI is InChI=1S/C39H42N6O5/c1-5-21-42(25-44-30-20-14-13-19-29(30)40-41-44)37(49)34-39-23-26(3)38(4,50-39)32(35(47)43(22-6-2)28-17-11-8-12-18-28)33(39)36(48)45(34)31(24-46)27-15-9-7-10-16-27/h5-20,26,31-34,46H,1-2,21-25H2,3-4H3/t26?,31-,32+,33+,34?,38-,39?/m1/s1. The number of aliphatic hydroxyl groups is 1. The summed E-state index contributed by atoms with van der Waals surface area (Å²) in [6, 6.07) is 23.9. The molecule has 4 aromatic rings. The molecule has 4 heterocycles. The molecule has 3 aromatic carbocycles. The Kier molecular flexibility index (Phi) is 8.65. The third kappa shape index (κ3) is 5.06. The van der Waals surface area contributed by atoms with Crippen LogP contribution in [0.25, 0.3) is 11.0 Å². The monoisotopic (exact) mass is 674 g/mol. The van der Waals surface area contributed by atoms with Crippen LogP contribution in [0.2, 0.25) is 0 Å². The number of carbonyl (C=O) groups excluding carboxylic acids is 3. The van der Waals surface area contributed by atoms with E-state index in [-0.39, 0.29) is 37.5 Å². The van der Waals surface area contributed by atoms with Crippen LogP contribution in [0.3, 0.4) is 0 Å². The highest BCUT2D eigenvalue weighted by molar-refractivity contribution is 6.03. The fourth-order valence-electron chi connectivity index (χ4n) is 8.65. The number of amides is 3. The Morgan fingerprint density at radius 2 is 1.66 bits per heavy atom. The quantitative estimate of drug-likeness (QED) is 0.222. The van der Waals surface area contributed by atoms with Crippen molar-refractivity contribution in [3.05, 3.63) is 116 Å². The van der Waals surface area contributed by atoms with Crippen molar-refractivity contribution in [2.75, 3.05) is 24.6 Å². The van der Waals surface area contributed by atoms with Crippen molar-refractivity contribution in [1.29, 1.82) is 0 Å². The number of nitrogens with zero attached hydrogens (tertiary/aromatic N) is 6. The van der Waals surface area contributed by atoms with E-state index in [1.807, 2.05) is 98.8 Å². The van der Waals surface area contributed by atoms with Gasteiger partial charge in [0.2, 0.25) is 17.7 Å². The molecule has 1 aromatic heterocycles. The maximum atomic E-state index is 15.2. The fourth-order valence-corrected chi connectivity index (χ4v) is 8.65. The average Bonchev–Trinajstić information content (AvgIpc) is 3.81. The highest BCUT2D eigenvalue weighted by Crippen LogP contribution is 2.66. The van der Waals surface area contributed by atoms with Crippen LogP contribution >= 0.6 is 0 Å². The number of ether oxygens (including phenoxy) is 1. The van der Waals surface area contributed by atoms with Crippen LogP contribution in [0.15, 0.2) is 110 Å². The van der Waals surface area contributed by atoms with Gasteiger partial charge in [0, 0.05) is 18.8 Å². The molecule has 1 N–H and O–H groups in total. The first kappa shape index (κ1) is 33.4. The molecular weight excluding hydrogens is 632 g/mol. The molecule has 1 spiro atoms. The number of para-hydroxylation sites is 2. The number of aliphatic hydroxyl groups excluding tert-OH is 1. The average molecular weight is 675 g/mol. The minimum absolute atomic E-state index is 0.0378. The third-order valence-corrected chi connectivity index (χ3v) is 11.0. The van der Waals surface area contributed by atoms with Gasteiger partial charge in [-0.2, -0.15) is 0 Å². The Morgan fingerprint density at radius 3 is 2.34 bits per heavy atom. The summed E-state index contributed by atoms with van der Waals surface area (Å²) >= 11 is 0. The Labute approximate surface area is 291 Å². The van der Waals surface area contributed by atoms with Gasteiger partial charge in [-0.25, -0.2) is 4.68 Å². The van der Waals surface area contributed by atoms with Gasteiger partial charge in [-0.05, 0) is 49.1 Å². The van der Waals surface area contributed by atoms with Crippen LogP contribution < -0.4 is 4.90 Å². The Morgan fingerprint density at radius 1 is 1.00 bits per heavy atom. The van der Waals surface area contributed by atoms with Gasteiger partial charge in [0.05, 0.1) is 35.6 Å². The molecule has 0 radical (unpaired) electrons. The lowest BCUT2D eigenvalue weighted by Crippen LogP contribution is -2.57. The lowest BCUT2D eigenvalue weighted by Gasteiger charge is -2.39. The van der Waals surface area contributed by atoms with E-state index < -0.39 is 47.6 Å². The minimum atomic E-state index is -1.34. The van der Waals surface area contributed by atoms with Crippen LogP contribution in [-0.4, -0.2) is 84.6 Å². The Bertz CT molecular complexity index is 1930. The van der Waals surface area contributed by atoms with Crippen molar-refractivity contribution in [2.24, 2.45) is 17.8 Å². The highest BCUT2D eigenvalue weighted by atomic mass is 16.5. The van der Waals surface area contributed by atoms with Crippen molar-refractivity contribution in [3.63, 3.8) is 0 Å². The zero-order valence-corrected chi connectivity index (χ0v) is 28.3.